The predicted molar refractivity (Wildman–Crippen MR) is 97.5 cm³/mol. The highest BCUT2D eigenvalue weighted by atomic mass is 32.2. The van der Waals surface area contributed by atoms with Crippen LogP contribution in [0.1, 0.15) is 32.0 Å². The summed E-state index contributed by atoms with van der Waals surface area (Å²) in [5, 5.41) is 0.963. The van der Waals surface area contributed by atoms with E-state index in [1.807, 2.05) is 18.2 Å². The van der Waals surface area contributed by atoms with Crippen molar-refractivity contribution in [1.82, 2.24) is 24.5 Å². The molecular formula is C16H21N7S. The molecule has 4 N–H and O–H groups in total. The highest BCUT2D eigenvalue weighted by Crippen LogP contribution is 2.26. The minimum atomic E-state index is 0.148. The molecule has 0 aliphatic heterocycles. The summed E-state index contributed by atoms with van der Waals surface area (Å²) >= 11 is 1.59. The van der Waals surface area contributed by atoms with E-state index >= 15 is 0 Å². The average molecular weight is 343 g/mol. The highest BCUT2D eigenvalue weighted by Gasteiger charge is 2.12. The van der Waals surface area contributed by atoms with Crippen LogP contribution in [0.15, 0.2) is 29.4 Å². The number of imidazole rings is 1. The number of unbranched alkanes of at least 4 members (excludes halogenated alkanes) is 2. The Morgan fingerprint density at radius 1 is 1.00 bits per heavy atom. The van der Waals surface area contributed by atoms with Crippen molar-refractivity contribution in [3.63, 3.8) is 0 Å². The van der Waals surface area contributed by atoms with Crippen LogP contribution in [0.4, 0.5) is 11.9 Å². The van der Waals surface area contributed by atoms with E-state index in [0.29, 0.717) is 11.6 Å². The van der Waals surface area contributed by atoms with Crippen LogP contribution in [0.25, 0.3) is 11.0 Å². The van der Waals surface area contributed by atoms with Gasteiger partial charge in [-0.3, -0.25) is 0 Å². The maximum Gasteiger partial charge on any atom is 0.225 e. The SMILES string of the molecule is CCCCCn1c(SCc2nc(N)nc(N)n2)nc2ccccc21. The minimum Gasteiger partial charge on any atom is -0.368 e. The van der Waals surface area contributed by atoms with Crippen molar-refractivity contribution in [2.24, 2.45) is 0 Å². The molecule has 0 fully saturated rings. The van der Waals surface area contributed by atoms with E-state index in [4.69, 9.17) is 16.5 Å². The van der Waals surface area contributed by atoms with Crippen molar-refractivity contribution in [1.29, 1.82) is 0 Å². The molecule has 0 unspecified atom stereocenters. The van der Waals surface area contributed by atoms with Crippen LogP contribution in [0.3, 0.4) is 0 Å². The van der Waals surface area contributed by atoms with Crippen molar-refractivity contribution in [3.05, 3.63) is 30.1 Å². The van der Waals surface area contributed by atoms with Gasteiger partial charge in [0.1, 0.15) is 5.82 Å². The number of para-hydroxylation sites is 2. The van der Waals surface area contributed by atoms with Crippen LogP contribution in [-0.2, 0) is 12.3 Å². The van der Waals surface area contributed by atoms with Gasteiger partial charge in [-0.15, -0.1) is 0 Å². The standard InChI is InChI=1S/C16H21N7S/c1-2-3-6-9-23-12-8-5-4-7-11(12)19-16(23)24-10-13-20-14(17)22-15(18)21-13/h4-5,7-8H,2-3,6,9-10H2,1H3,(H4,17,18,20,21,22). The average Bonchev–Trinajstić information content (AvgIpc) is 2.90. The Kier molecular flexibility index (Phi) is 5.14. The molecule has 0 amide bonds. The molecule has 126 valence electrons. The Balaban J connectivity index is 1.83. The monoisotopic (exact) mass is 343 g/mol. The van der Waals surface area contributed by atoms with Gasteiger partial charge in [-0.1, -0.05) is 43.7 Å². The number of nitrogen functional groups attached to an aromatic ring is 2. The van der Waals surface area contributed by atoms with Crippen LogP contribution >= 0.6 is 11.8 Å². The molecule has 0 saturated carbocycles. The summed E-state index contributed by atoms with van der Waals surface area (Å²) in [7, 11) is 0. The van der Waals surface area contributed by atoms with Gasteiger partial charge in [-0.25, -0.2) is 4.98 Å². The van der Waals surface area contributed by atoms with E-state index in [1.165, 1.54) is 12.8 Å². The zero-order chi connectivity index (χ0) is 16.9. The number of anilines is 2. The summed E-state index contributed by atoms with van der Waals surface area (Å²) < 4.78 is 2.27. The maximum atomic E-state index is 5.63. The Morgan fingerprint density at radius 3 is 2.50 bits per heavy atom. The number of nitrogens with zero attached hydrogens (tertiary/aromatic N) is 5. The van der Waals surface area contributed by atoms with Gasteiger partial charge in [0.2, 0.25) is 11.9 Å². The number of aromatic nitrogens is 5. The predicted octanol–water partition coefficient (Wildman–Crippen LogP) is 2.87. The molecule has 0 atom stereocenters. The van der Waals surface area contributed by atoms with Gasteiger partial charge in [0.15, 0.2) is 5.16 Å². The topological polar surface area (TPSA) is 109 Å². The summed E-state index contributed by atoms with van der Waals surface area (Å²) in [6, 6.07) is 8.20. The summed E-state index contributed by atoms with van der Waals surface area (Å²) in [5.74, 6) is 1.41. The van der Waals surface area contributed by atoms with E-state index in [1.54, 1.807) is 11.8 Å². The summed E-state index contributed by atoms with van der Waals surface area (Å²) in [6.45, 7) is 3.16. The fraction of sp³-hybridized carbons (Fsp3) is 0.375. The first-order valence-corrected chi connectivity index (χ1v) is 9.00. The maximum absolute atomic E-state index is 5.63. The third-order valence-corrected chi connectivity index (χ3v) is 4.62. The van der Waals surface area contributed by atoms with Crippen LogP contribution in [0, 0.1) is 0 Å². The first-order valence-electron chi connectivity index (χ1n) is 8.01. The van der Waals surface area contributed by atoms with Gasteiger partial charge in [-0.05, 0) is 18.6 Å². The molecule has 3 rings (SSSR count). The molecule has 0 aliphatic rings. The fourth-order valence-electron chi connectivity index (χ4n) is 2.55. The number of thioether (sulfide) groups is 1. The van der Waals surface area contributed by atoms with Gasteiger partial charge in [0.05, 0.1) is 16.8 Å². The number of nitrogens with two attached hydrogens (primary N) is 2. The van der Waals surface area contributed by atoms with Crippen molar-refractivity contribution in [2.45, 2.75) is 43.6 Å². The zero-order valence-electron chi connectivity index (χ0n) is 13.6. The molecule has 8 heteroatoms. The van der Waals surface area contributed by atoms with Crippen molar-refractivity contribution < 1.29 is 0 Å². The lowest BCUT2D eigenvalue weighted by Gasteiger charge is -2.08. The second kappa shape index (κ2) is 7.48. The molecular weight excluding hydrogens is 322 g/mol. The summed E-state index contributed by atoms with van der Waals surface area (Å²) in [4.78, 5) is 16.8. The van der Waals surface area contributed by atoms with Crippen LogP contribution in [0.5, 0.6) is 0 Å². The summed E-state index contributed by atoms with van der Waals surface area (Å²) in [6.07, 6.45) is 3.53. The lowest BCUT2D eigenvalue weighted by Crippen LogP contribution is -2.06. The normalized spacial score (nSPS) is 11.2. The van der Waals surface area contributed by atoms with Crippen LogP contribution in [0.2, 0.25) is 0 Å². The third-order valence-electron chi connectivity index (χ3n) is 3.65. The molecule has 2 aromatic heterocycles. The molecule has 0 bridgehead atoms. The number of hydrogen-bond acceptors (Lipinski definition) is 7. The van der Waals surface area contributed by atoms with E-state index in [0.717, 1.165) is 29.2 Å². The van der Waals surface area contributed by atoms with Crippen LogP contribution in [-0.4, -0.2) is 24.5 Å². The molecule has 0 aliphatic carbocycles. The van der Waals surface area contributed by atoms with E-state index in [2.05, 4.69) is 32.5 Å². The zero-order valence-corrected chi connectivity index (χ0v) is 14.5. The Hall–Kier alpha value is -2.35. The first kappa shape index (κ1) is 16.5. The highest BCUT2D eigenvalue weighted by molar-refractivity contribution is 7.98. The molecule has 0 saturated heterocycles. The largest absolute Gasteiger partial charge is 0.368 e. The van der Waals surface area contributed by atoms with Crippen molar-refractivity contribution in [2.75, 3.05) is 11.5 Å². The van der Waals surface area contributed by atoms with Crippen molar-refractivity contribution >= 4 is 34.7 Å². The first-order chi connectivity index (χ1) is 11.7. The number of rotatable bonds is 7. The van der Waals surface area contributed by atoms with Gasteiger partial charge < -0.3 is 16.0 Å². The van der Waals surface area contributed by atoms with E-state index < -0.39 is 0 Å². The van der Waals surface area contributed by atoms with Gasteiger partial charge in [0, 0.05) is 6.54 Å². The number of fused-ring (bicyclic) bond motifs is 1. The number of hydrogen-bond donors (Lipinski definition) is 2. The van der Waals surface area contributed by atoms with Crippen molar-refractivity contribution in [3.8, 4) is 0 Å². The Morgan fingerprint density at radius 2 is 1.75 bits per heavy atom. The Labute approximate surface area is 144 Å². The van der Waals surface area contributed by atoms with Gasteiger partial charge in [-0.2, -0.15) is 15.0 Å². The quantitative estimate of drug-likeness (QED) is 0.501. The number of benzene rings is 1. The number of aryl methyl sites for hydroxylation is 1. The molecule has 24 heavy (non-hydrogen) atoms. The lowest BCUT2D eigenvalue weighted by molar-refractivity contribution is 0.579. The summed E-state index contributed by atoms with van der Waals surface area (Å²) in [5.41, 5.74) is 13.4. The van der Waals surface area contributed by atoms with E-state index in [9.17, 15) is 0 Å². The van der Waals surface area contributed by atoms with E-state index in [-0.39, 0.29) is 11.9 Å². The lowest BCUT2D eigenvalue weighted by atomic mass is 10.2. The van der Waals surface area contributed by atoms with Crippen LogP contribution < -0.4 is 11.5 Å². The Bertz CT molecular complexity index is 810. The van der Waals surface area contributed by atoms with Gasteiger partial charge in [0.25, 0.3) is 0 Å². The minimum absolute atomic E-state index is 0.148. The fourth-order valence-corrected chi connectivity index (χ4v) is 3.45. The third kappa shape index (κ3) is 3.76. The smallest absolute Gasteiger partial charge is 0.225 e. The second-order valence-corrected chi connectivity index (χ2v) is 6.44. The van der Waals surface area contributed by atoms with Gasteiger partial charge >= 0.3 is 0 Å². The molecule has 0 radical (unpaired) electrons. The molecule has 0 spiro atoms. The molecule has 2 heterocycles. The second-order valence-electron chi connectivity index (χ2n) is 5.50. The molecule has 7 nitrogen and oxygen atoms in total. The molecule has 1 aromatic carbocycles. The molecule has 3 aromatic rings.